The van der Waals surface area contributed by atoms with Gasteiger partial charge in [0.1, 0.15) is 5.75 Å². The van der Waals surface area contributed by atoms with Gasteiger partial charge in [-0.3, -0.25) is 4.79 Å². The molecule has 1 saturated heterocycles. The average molecular weight is 269 g/mol. The minimum atomic E-state index is -0.450. The van der Waals surface area contributed by atoms with E-state index in [1.165, 1.54) is 0 Å². The van der Waals surface area contributed by atoms with Crippen molar-refractivity contribution in [1.29, 1.82) is 0 Å². The molecule has 1 aliphatic rings. The average Bonchev–Trinajstić information content (AvgIpc) is 2.57. The van der Waals surface area contributed by atoms with E-state index in [-0.39, 0.29) is 5.91 Å². The zero-order chi connectivity index (χ0) is 13.0. The van der Waals surface area contributed by atoms with Gasteiger partial charge in [0.2, 0.25) is 0 Å². The summed E-state index contributed by atoms with van der Waals surface area (Å²) in [6.07, 6.45) is 2.24. The molecule has 1 aromatic carbocycles. The molecule has 1 unspecified atom stereocenters. The van der Waals surface area contributed by atoms with Crippen LogP contribution >= 0.6 is 11.6 Å². The highest BCUT2D eigenvalue weighted by Crippen LogP contribution is 2.27. The summed E-state index contributed by atoms with van der Waals surface area (Å²) in [7, 11) is 0. The highest BCUT2D eigenvalue weighted by Gasteiger charge is 2.23. The molecule has 3 N–H and O–H groups in total. The summed E-state index contributed by atoms with van der Waals surface area (Å²) < 4.78 is 5.69. The van der Waals surface area contributed by atoms with Crippen molar-refractivity contribution < 1.29 is 9.53 Å². The summed E-state index contributed by atoms with van der Waals surface area (Å²) in [6.45, 7) is 1.16. The number of ether oxygens (including phenoxy) is 1. The predicted molar refractivity (Wildman–Crippen MR) is 70.6 cm³/mol. The van der Waals surface area contributed by atoms with Gasteiger partial charge in [0.05, 0.1) is 5.02 Å². The number of hydrogen-bond acceptors (Lipinski definition) is 3. The number of benzene rings is 1. The van der Waals surface area contributed by atoms with Crippen molar-refractivity contribution in [1.82, 2.24) is 5.32 Å². The third kappa shape index (κ3) is 3.15. The van der Waals surface area contributed by atoms with Crippen LogP contribution in [0.25, 0.3) is 0 Å². The van der Waals surface area contributed by atoms with Crippen molar-refractivity contribution in [2.45, 2.75) is 31.9 Å². The largest absolute Gasteiger partial charge is 0.479 e. The van der Waals surface area contributed by atoms with Crippen LogP contribution in [-0.4, -0.2) is 18.6 Å². The summed E-state index contributed by atoms with van der Waals surface area (Å²) in [5, 5.41) is 3.33. The Hall–Kier alpha value is -1.26. The Labute approximate surface area is 111 Å². The molecule has 2 rings (SSSR count). The lowest BCUT2D eigenvalue weighted by Crippen LogP contribution is -2.36. The van der Waals surface area contributed by atoms with Gasteiger partial charge in [-0.2, -0.15) is 0 Å². The number of nitrogens with one attached hydrogen (secondary N) is 1. The Kier molecular flexibility index (Phi) is 4.44. The molecule has 1 heterocycles. The zero-order valence-corrected chi connectivity index (χ0v) is 10.9. The standard InChI is InChI=1S/C13H17ClN2O2/c14-10-7-9(8-15)4-5-11(10)18-12-3-1-2-6-16-13(12)17/h4-5,7,12H,1-3,6,8,15H2,(H,16,17). The molecule has 0 saturated carbocycles. The first-order chi connectivity index (χ1) is 8.70. The van der Waals surface area contributed by atoms with Gasteiger partial charge >= 0.3 is 0 Å². The Balaban J connectivity index is 2.10. The summed E-state index contributed by atoms with van der Waals surface area (Å²) in [6, 6.07) is 5.39. The third-order valence-electron chi connectivity index (χ3n) is 2.99. The van der Waals surface area contributed by atoms with Crippen LogP contribution < -0.4 is 15.8 Å². The predicted octanol–water partition coefficient (Wildman–Crippen LogP) is 1.85. The van der Waals surface area contributed by atoms with Crippen molar-refractivity contribution in [2.24, 2.45) is 5.73 Å². The molecule has 0 spiro atoms. The fourth-order valence-electron chi connectivity index (χ4n) is 1.94. The summed E-state index contributed by atoms with van der Waals surface area (Å²) >= 11 is 6.10. The lowest BCUT2D eigenvalue weighted by Gasteiger charge is -2.17. The maximum atomic E-state index is 11.8. The quantitative estimate of drug-likeness (QED) is 0.879. The fourth-order valence-corrected chi connectivity index (χ4v) is 2.19. The van der Waals surface area contributed by atoms with Crippen molar-refractivity contribution in [3.05, 3.63) is 28.8 Å². The highest BCUT2D eigenvalue weighted by molar-refractivity contribution is 6.32. The van der Waals surface area contributed by atoms with E-state index in [0.717, 1.165) is 31.4 Å². The van der Waals surface area contributed by atoms with E-state index in [1.54, 1.807) is 12.1 Å². The van der Waals surface area contributed by atoms with E-state index in [2.05, 4.69) is 5.32 Å². The first-order valence-electron chi connectivity index (χ1n) is 6.13. The second-order valence-electron chi connectivity index (χ2n) is 4.36. The molecule has 1 fully saturated rings. The van der Waals surface area contributed by atoms with Crippen LogP contribution in [0.4, 0.5) is 0 Å². The molecule has 5 heteroatoms. The molecule has 0 bridgehead atoms. The molecule has 0 radical (unpaired) electrons. The maximum absolute atomic E-state index is 11.8. The Morgan fingerprint density at radius 1 is 1.44 bits per heavy atom. The van der Waals surface area contributed by atoms with Gasteiger partial charge < -0.3 is 15.8 Å². The molecule has 0 aliphatic carbocycles. The molecule has 1 aliphatic heterocycles. The monoisotopic (exact) mass is 268 g/mol. The Bertz CT molecular complexity index is 437. The van der Waals surface area contributed by atoms with Crippen molar-refractivity contribution >= 4 is 17.5 Å². The van der Waals surface area contributed by atoms with Crippen molar-refractivity contribution in [3.8, 4) is 5.75 Å². The van der Waals surface area contributed by atoms with E-state index in [1.807, 2.05) is 6.07 Å². The van der Waals surface area contributed by atoms with Crippen LogP contribution in [0.3, 0.4) is 0 Å². The number of rotatable bonds is 3. The third-order valence-corrected chi connectivity index (χ3v) is 3.28. The number of amides is 1. The van der Waals surface area contributed by atoms with Gasteiger partial charge in [-0.25, -0.2) is 0 Å². The van der Waals surface area contributed by atoms with Crippen LogP contribution in [0.1, 0.15) is 24.8 Å². The molecular weight excluding hydrogens is 252 g/mol. The normalized spacial score (nSPS) is 20.1. The van der Waals surface area contributed by atoms with Gasteiger partial charge in [0.15, 0.2) is 6.10 Å². The first kappa shape index (κ1) is 13.2. The van der Waals surface area contributed by atoms with Gasteiger partial charge in [-0.05, 0) is 37.0 Å². The van der Waals surface area contributed by atoms with Gasteiger partial charge in [0.25, 0.3) is 5.91 Å². The van der Waals surface area contributed by atoms with Crippen LogP contribution in [-0.2, 0) is 11.3 Å². The lowest BCUT2D eigenvalue weighted by atomic mass is 10.1. The summed E-state index contributed by atoms with van der Waals surface area (Å²) in [5.41, 5.74) is 6.47. The van der Waals surface area contributed by atoms with Crippen molar-refractivity contribution in [2.75, 3.05) is 6.54 Å². The topological polar surface area (TPSA) is 64.3 Å². The second kappa shape index (κ2) is 6.07. The molecule has 98 valence electrons. The van der Waals surface area contributed by atoms with E-state index in [9.17, 15) is 4.79 Å². The summed E-state index contributed by atoms with van der Waals surface area (Å²) in [4.78, 5) is 11.8. The SMILES string of the molecule is NCc1ccc(OC2CCCCNC2=O)c(Cl)c1. The van der Waals surface area contributed by atoms with Gasteiger partial charge in [0, 0.05) is 13.1 Å². The number of carbonyl (C=O) groups is 1. The van der Waals surface area contributed by atoms with E-state index in [0.29, 0.717) is 17.3 Å². The van der Waals surface area contributed by atoms with Crippen LogP contribution in [0, 0.1) is 0 Å². The highest BCUT2D eigenvalue weighted by atomic mass is 35.5. The Morgan fingerprint density at radius 3 is 3.00 bits per heavy atom. The van der Waals surface area contributed by atoms with Crippen LogP contribution in [0.2, 0.25) is 5.02 Å². The second-order valence-corrected chi connectivity index (χ2v) is 4.77. The lowest BCUT2D eigenvalue weighted by molar-refractivity contribution is -0.127. The van der Waals surface area contributed by atoms with Gasteiger partial charge in [-0.15, -0.1) is 0 Å². The molecule has 1 atom stereocenters. The van der Waals surface area contributed by atoms with E-state index >= 15 is 0 Å². The van der Waals surface area contributed by atoms with Crippen LogP contribution in [0.5, 0.6) is 5.75 Å². The fraction of sp³-hybridized carbons (Fsp3) is 0.462. The minimum Gasteiger partial charge on any atom is -0.479 e. The number of nitrogens with two attached hydrogens (primary N) is 1. The molecule has 0 aromatic heterocycles. The summed E-state index contributed by atoms with van der Waals surface area (Å²) in [5.74, 6) is 0.474. The molecular formula is C13H17ClN2O2. The first-order valence-corrected chi connectivity index (χ1v) is 6.51. The Morgan fingerprint density at radius 2 is 2.28 bits per heavy atom. The molecule has 1 amide bonds. The number of halogens is 1. The minimum absolute atomic E-state index is 0.0635. The molecule has 1 aromatic rings. The molecule has 18 heavy (non-hydrogen) atoms. The number of carbonyl (C=O) groups excluding carboxylic acids is 1. The maximum Gasteiger partial charge on any atom is 0.261 e. The molecule has 4 nitrogen and oxygen atoms in total. The number of hydrogen-bond donors (Lipinski definition) is 2. The zero-order valence-electron chi connectivity index (χ0n) is 10.1. The van der Waals surface area contributed by atoms with E-state index < -0.39 is 6.10 Å². The van der Waals surface area contributed by atoms with Crippen molar-refractivity contribution in [3.63, 3.8) is 0 Å². The van der Waals surface area contributed by atoms with Gasteiger partial charge in [-0.1, -0.05) is 17.7 Å². The smallest absolute Gasteiger partial charge is 0.261 e. The van der Waals surface area contributed by atoms with E-state index in [4.69, 9.17) is 22.1 Å². The van der Waals surface area contributed by atoms with Crippen LogP contribution in [0.15, 0.2) is 18.2 Å².